The van der Waals surface area contributed by atoms with Gasteiger partial charge in [-0.1, -0.05) is 13.0 Å². The summed E-state index contributed by atoms with van der Waals surface area (Å²) in [7, 11) is 0. The number of aromatic nitrogens is 1. The summed E-state index contributed by atoms with van der Waals surface area (Å²) in [5.41, 5.74) is 0.850. The zero-order valence-electron chi connectivity index (χ0n) is 9.89. The minimum absolute atomic E-state index is 0.0773. The summed E-state index contributed by atoms with van der Waals surface area (Å²) >= 11 is 0. The van der Waals surface area contributed by atoms with Crippen molar-refractivity contribution in [1.29, 1.82) is 0 Å². The Morgan fingerprint density at radius 3 is 2.94 bits per heavy atom. The van der Waals surface area contributed by atoms with Crippen LogP contribution in [0.1, 0.15) is 37.8 Å². The molecule has 3 heteroatoms. The van der Waals surface area contributed by atoms with Crippen LogP contribution in [0, 0.1) is 12.8 Å². The van der Waals surface area contributed by atoms with Crippen LogP contribution in [-0.2, 0) is 0 Å². The number of nitrogens with zero attached hydrogens (tertiary/aromatic N) is 1. The minimum Gasteiger partial charge on any atom is -0.393 e. The zero-order chi connectivity index (χ0) is 11.7. The number of aryl methyl sites for hydroxylation is 1. The maximum Gasteiger partial charge on any atom is 0.253 e. The molecular weight excluding hydrogens is 202 g/mol. The fourth-order valence-electron chi connectivity index (χ4n) is 2.55. The van der Waals surface area contributed by atoms with Gasteiger partial charge >= 0.3 is 0 Å². The van der Waals surface area contributed by atoms with Gasteiger partial charge in [-0.2, -0.15) is 0 Å². The molecule has 16 heavy (non-hydrogen) atoms. The van der Waals surface area contributed by atoms with E-state index >= 15 is 0 Å². The third-order valence-corrected chi connectivity index (χ3v) is 3.65. The molecule has 1 aromatic rings. The molecule has 0 saturated heterocycles. The highest BCUT2D eigenvalue weighted by Crippen LogP contribution is 2.32. The van der Waals surface area contributed by atoms with Crippen LogP contribution < -0.4 is 5.56 Å². The predicted octanol–water partition coefficient (Wildman–Crippen LogP) is 1.88. The van der Waals surface area contributed by atoms with Crippen LogP contribution in [0.3, 0.4) is 0 Å². The number of pyridine rings is 1. The first-order chi connectivity index (χ1) is 7.59. The van der Waals surface area contributed by atoms with Gasteiger partial charge in [0.25, 0.3) is 5.56 Å². The van der Waals surface area contributed by atoms with Crippen molar-refractivity contribution >= 4 is 0 Å². The molecule has 0 amide bonds. The monoisotopic (exact) mass is 221 g/mol. The first kappa shape index (κ1) is 11.4. The second kappa shape index (κ2) is 4.42. The van der Waals surface area contributed by atoms with E-state index in [-0.39, 0.29) is 17.7 Å². The smallest absolute Gasteiger partial charge is 0.253 e. The van der Waals surface area contributed by atoms with E-state index in [1.165, 1.54) is 0 Å². The molecule has 3 atom stereocenters. The topological polar surface area (TPSA) is 42.2 Å². The lowest BCUT2D eigenvalue weighted by Crippen LogP contribution is -2.35. The molecule has 0 radical (unpaired) electrons. The molecule has 1 aromatic heterocycles. The van der Waals surface area contributed by atoms with Crippen molar-refractivity contribution in [2.75, 3.05) is 0 Å². The van der Waals surface area contributed by atoms with Crippen LogP contribution in [0.15, 0.2) is 23.1 Å². The van der Waals surface area contributed by atoms with Crippen molar-refractivity contribution in [2.45, 2.75) is 45.3 Å². The van der Waals surface area contributed by atoms with Crippen LogP contribution >= 0.6 is 0 Å². The van der Waals surface area contributed by atoms with Gasteiger partial charge in [-0.25, -0.2) is 0 Å². The van der Waals surface area contributed by atoms with Gasteiger partial charge in [0.2, 0.25) is 0 Å². The van der Waals surface area contributed by atoms with E-state index in [4.69, 9.17) is 0 Å². The van der Waals surface area contributed by atoms with Crippen LogP contribution in [0.2, 0.25) is 0 Å². The fourth-order valence-corrected chi connectivity index (χ4v) is 2.55. The van der Waals surface area contributed by atoms with E-state index in [0.717, 1.165) is 18.4 Å². The number of rotatable bonds is 1. The molecule has 1 saturated carbocycles. The quantitative estimate of drug-likeness (QED) is 0.786. The Labute approximate surface area is 95.7 Å². The van der Waals surface area contributed by atoms with Crippen molar-refractivity contribution in [3.8, 4) is 0 Å². The lowest BCUT2D eigenvalue weighted by molar-refractivity contribution is 0.0766. The Morgan fingerprint density at radius 2 is 2.19 bits per heavy atom. The highest BCUT2D eigenvalue weighted by atomic mass is 16.3. The normalized spacial score (nSPS) is 30.3. The molecule has 1 aliphatic carbocycles. The average Bonchev–Trinajstić information content (AvgIpc) is 2.26. The van der Waals surface area contributed by atoms with E-state index in [1.807, 2.05) is 25.3 Å². The van der Waals surface area contributed by atoms with E-state index in [0.29, 0.717) is 12.3 Å². The second-order valence-electron chi connectivity index (χ2n) is 4.92. The maximum atomic E-state index is 12.0. The van der Waals surface area contributed by atoms with Gasteiger partial charge < -0.3 is 9.67 Å². The first-order valence-electron chi connectivity index (χ1n) is 5.95. The van der Waals surface area contributed by atoms with E-state index in [2.05, 4.69) is 6.92 Å². The Bertz CT molecular complexity index is 424. The van der Waals surface area contributed by atoms with Crippen LogP contribution in [0.5, 0.6) is 0 Å². The van der Waals surface area contributed by atoms with Gasteiger partial charge in [-0.15, -0.1) is 0 Å². The summed E-state index contributed by atoms with van der Waals surface area (Å²) in [5.74, 6) is 0.461. The van der Waals surface area contributed by atoms with E-state index in [9.17, 15) is 9.90 Å². The summed E-state index contributed by atoms with van der Waals surface area (Å²) in [5, 5.41) is 9.70. The number of hydrogen-bond donors (Lipinski definition) is 1. The lowest BCUT2D eigenvalue weighted by atomic mass is 9.84. The number of aliphatic hydroxyl groups is 1. The Kier molecular flexibility index (Phi) is 3.15. The highest BCUT2D eigenvalue weighted by molar-refractivity contribution is 5.09. The van der Waals surface area contributed by atoms with Gasteiger partial charge in [-0.05, 0) is 38.2 Å². The van der Waals surface area contributed by atoms with Crippen molar-refractivity contribution in [3.05, 3.63) is 34.2 Å². The number of hydrogen-bond acceptors (Lipinski definition) is 2. The van der Waals surface area contributed by atoms with E-state index < -0.39 is 0 Å². The van der Waals surface area contributed by atoms with Crippen LogP contribution in [0.4, 0.5) is 0 Å². The molecule has 0 aliphatic heterocycles. The average molecular weight is 221 g/mol. The summed E-state index contributed by atoms with van der Waals surface area (Å²) in [6, 6.07) is 3.89. The Hall–Kier alpha value is -1.09. The molecule has 1 fully saturated rings. The minimum atomic E-state index is -0.256. The highest BCUT2D eigenvalue weighted by Gasteiger charge is 2.28. The molecule has 1 heterocycles. The molecule has 3 nitrogen and oxygen atoms in total. The van der Waals surface area contributed by atoms with Crippen molar-refractivity contribution in [3.63, 3.8) is 0 Å². The summed E-state index contributed by atoms with van der Waals surface area (Å²) in [6.45, 7) is 3.99. The predicted molar refractivity (Wildman–Crippen MR) is 63.5 cm³/mol. The largest absolute Gasteiger partial charge is 0.393 e. The molecule has 88 valence electrons. The third kappa shape index (κ3) is 2.05. The zero-order valence-corrected chi connectivity index (χ0v) is 9.89. The standard InChI is InChI=1S/C13H19NO2/c1-9-5-6-11(15)8-12(9)14-7-3-4-10(2)13(14)16/h3-4,7,9,11-12,15H,5-6,8H2,1-2H3. The SMILES string of the molecule is Cc1cccn(C2CC(O)CCC2C)c1=O. The van der Waals surface area contributed by atoms with Gasteiger partial charge in [0.05, 0.1) is 6.10 Å². The molecule has 3 unspecified atom stereocenters. The van der Waals surface area contributed by atoms with Crippen molar-refractivity contribution in [2.24, 2.45) is 5.92 Å². The van der Waals surface area contributed by atoms with Crippen molar-refractivity contribution in [1.82, 2.24) is 4.57 Å². The number of aliphatic hydroxyl groups excluding tert-OH is 1. The van der Waals surface area contributed by atoms with Gasteiger partial charge in [0.1, 0.15) is 0 Å². The van der Waals surface area contributed by atoms with E-state index in [1.54, 1.807) is 4.57 Å². The molecular formula is C13H19NO2. The molecule has 2 rings (SSSR count). The maximum absolute atomic E-state index is 12.0. The summed E-state index contributed by atoms with van der Waals surface area (Å²) < 4.78 is 1.79. The van der Waals surface area contributed by atoms with Gasteiger partial charge in [0, 0.05) is 17.8 Å². The van der Waals surface area contributed by atoms with Gasteiger partial charge in [0.15, 0.2) is 0 Å². The van der Waals surface area contributed by atoms with Crippen LogP contribution in [-0.4, -0.2) is 15.8 Å². The molecule has 0 spiro atoms. The first-order valence-corrected chi connectivity index (χ1v) is 5.95. The van der Waals surface area contributed by atoms with Gasteiger partial charge in [-0.3, -0.25) is 4.79 Å². The summed E-state index contributed by atoms with van der Waals surface area (Å²) in [4.78, 5) is 12.0. The molecule has 1 aliphatic rings. The Morgan fingerprint density at radius 1 is 1.44 bits per heavy atom. The third-order valence-electron chi connectivity index (χ3n) is 3.65. The lowest BCUT2D eigenvalue weighted by Gasteiger charge is -2.33. The second-order valence-corrected chi connectivity index (χ2v) is 4.92. The molecule has 0 aromatic carbocycles. The molecule has 1 N–H and O–H groups in total. The van der Waals surface area contributed by atoms with Crippen LogP contribution in [0.25, 0.3) is 0 Å². The fraction of sp³-hybridized carbons (Fsp3) is 0.615. The van der Waals surface area contributed by atoms with Crippen molar-refractivity contribution < 1.29 is 5.11 Å². The molecule has 0 bridgehead atoms. The Balaban J connectivity index is 2.35. The summed E-state index contributed by atoms with van der Waals surface area (Å²) in [6.07, 6.45) is 4.14.